The Morgan fingerprint density at radius 3 is 3.00 bits per heavy atom. The lowest BCUT2D eigenvalue weighted by Crippen LogP contribution is -2.29. The highest BCUT2D eigenvalue weighted by Gasteiger charge is 2.47. The number of aliphatic hydroxyl groups excluding tert-OH is 1. The molecule has 1 aliphatic heterocycles. The second-order valence-electron chi connectivity index (χ2n) is 3.55. The fourth-order valence-corrected chi connectivity index (χ4v) is 2.43. The van der Waals surface area contributed by atoms with Crippen LogP contribution >= 0.6 is 22.6 Å². The van der Waals surface area contributed by atoms with Crippen LogP contribution in [-0.4, -0.2) is 42.4 Å². The highest BCUT2D eigenvalue weighted by molar-refractivity contribution is 14.1. The molecular formula is C8H9FIN3O4. The molecular weight excluding hydrogens is 348 g/mol. The van der Waals surface area contributed by atoms with Crippen molar-refractivity contribution >= 4 is 28.5 Å². The smallest absolute Gasteiger partial charge is 0.390 e. The van der Waals surface area contributed by atoms with Crippen LogP contribution in [0.3, 0.4) is 0 Å². The van der Waals surface area contributed by atoms with Gasteiger partial charge in [0, 0.05) is 4.43 Å². The Kier molecular flexibility index (Phi) is 3.58. The van der Waals surface area contributed by atoms with Crippen molar-refractivity contribution in [2.75, 3.05) is 4.43 Å². The predicted octanol–water partition coefficient (Wildman–Crippen LogP) is 0.823. The number of halogens is 2. The average Bonchev–Trinajstić information content (AvgIpc) is 2.86. The van der Waals surface area contributed by atoms with Crippen LogP contribution in [0.5, 0.6) is 0 Å². The Bertz CT molecular complexity index is 429. The normalized spacial score (nSPS) is 32.9. The van der Waals surface area contributed by atoms with Crippen molar-refractivity contribution in [2.45, 2.75) is 24.6 Å². The van der Waals surface area contributed by atoms with Gasteiger partial charge < -0.3 is 20.0 Å². The van der Waals surface area contributed by atoms with Crippen LogP contribution < -0.4 is 0 Å². The van der Waals surface area contributed by atoms with Crippen LogP contribution in [0.1, 0.15) is 6.23 Å². The van der Waals surface area contributed by atoms with Crippen molar-refractivity contribution < 1.29 is 19.2 Å². The zero-order valence-corrected chi connectivity index (χ0v) is 10.6. The molecule has 0 aliphatic carbocycles. The minimum absolute atomic E-state index is 0.401. The second kappa shape index (κ2) is 4.82. The van der Waals surface area contributed by atoms with E-state index in [-0.39, 0.29) is 0 Å². The third-order valence-electron chi connectivity index (χ3n) is 2.53. The van der Waals surface area contributed by atoms with Crippen LogP contribution in [0.15, 0.2) is 12.4 Å². The molecule has 1 N–H and O–H groups in total. The Balaban J connectivity index is 2.29. The molecule has 1 aromatic rings. The van der Waals surface area contributed by atoms with Crippen molar-refractivity contribution in [3.8, 4) is 0 Å². The first-order chi connectivity index (χ1) is 8.06. The molecule has 9 heteroatoms. The van der Waals surface area contributed by atoms with Gasteiger partial charge in [0.25, 0.3) is 0 Å². The molecule has 4 atom stereocenters. The minimum atomic E-state index is -1.71. The third kappa shape index (κ3) is 2.13. The molecule has 2 heterocycles. The zero-order chi connectivity index (χ0) is 12.6. The number of nitro groups is 1. The summed E-state index contributed by atoms with van der Waals surface area (Å²) in [6.45, 7) is 0. The molecule has 0 radical (unpaired) electrons. The van der Waals surface area contributed by atoms with Crippen LogP contribution in [-0.2, 0) is 4.74 Å². The van der Waals surface area contributed by atoms with Crippen LogP contribution in [0.4, 0.5) is 10.3 Å². The monoisotopic (exact) mass is 357 g/mol. The summed E-state index contributed by atoms with van der Waals surface area (Å²) in [5.74, 6) is -0.501. The number of nitrogens with zero attached hydrogens (tertiary/aromatic N) is 3. The maximum Gasteiger partial charge on any atom is 0.436 e. The SMILES string of the molecule is O=[N+]([O-])c1nccn1[C@@H]1O[C@H](CI)[C@@H](O)[C@H]1F. The third-order valence-corrected chi connectivity index (χ3v) is 3.40. The van der Waals surface area contributed by atoms with Gasteiger partial charge in [-0.25, -0.2) is 4.39 Å². The Morgan fingerprint density at radius 1 is 1.76 bits per heavy atom. The van der Waals surface area contributed by atoms with E-state index >= 15 is 0 Å². The highest BCUT2D eigenvalue weighted by Crippen LogP contribution is 2.34. The van der Waals surface area contributed by atoms with E-state index in [2.05, 4.69) is 4.98 Å². The number of imidazole rings is 1. The molecule has 0 aromatic carbocycles. The number of hydrogen-bond acceptors (Lipinski definition) is 5. The molecule has 7 nitrogen and oxygen atoms in total. The zero-order valence-electron chi connectivity index (χ0n) is 8.44. The van der Waals surface area contributed by atoms with Gasteiger partial charge in [0.2, 0.25) is 6.23 Å². The maximum absolute atomic E-state index is 13.8. The lowest BCUT2D eigenvalue weighted by atomic mass is 10.2. The van der Waals surface area contributed by atoms with Crippen molar-refractivity contribution in [3.05, 3.63) is 22.5 Å². The molecule has 0 bridgehead atoms. The van der Waals surface area contributed by atoms with Crippen molar-refractivity contribution in [1.82, 2.24) is 9.55 Å². The average molecular weight is 357 g/mol. The van der Waals surface area contributed by atoms with E-state index in [4.69, 9.17) is 4.74 Å². The van der Waals surface area contributed by atoms with Gasteiger partial charge in [-0.15, -0.1) is 0 Å². The summed E-state index contributed by atoms with van der Waals surface area (Å²) in [5.41, 5.74) is 0. The molecule has 0 saturated carbocycles. The second-order valence-corrected chi connectivity index (χ2v) is 4.43. The summed E-state index contributed by atoms with van der Waals surface area (Å²) in [5, 5.41) is 20.2. The quantitative estimate of drug-likeness (QED) is 0.375. The molecule has 2 rings (SSSR count). The fraction of sp³-hybridized carbons (Fsp3) is 0.625. The summed E-state index contributed by atoms with van der Waals surface area (Å²) in [4.78, 5) is 13.4. The number of ether oxygens (including phenoxy) is 1. The Morgan fingerprint density at radius 2 is 2.47 bits per heavy atom. The van der Waals surface area contributed by atoms with Gasteiger partial charge in [-0.05, 0) is 4.92 Å². The van der Waals surface area contributed by atoms with E-state index in [9.17, 15) is 19.6 Å². The summed E-state index contributed by atoms with van der Waals surface area (Å²) >= 11 is 1.95. The van der Waals surface area contributed by atoms with Gasteiger partial charge in [0.1, 0.15) is 18.5 Å². The first-order valence-electron chi connectivity index (χ1n) is 4.77. The van der Waals surface area contributed by atoms with Gasteiger partial charge in [0.15, 0.2) is 6.17 Å². The van der Waals surface area contributed by atoms with Crippen molar-refractivity contribution in [2.24, 2.45) is 0 Å². The number of alkyl halides is 2. The van der Waals surface area contributed by atoms with E-state index in [1.54, 1.807) is 0 Å². The molecule has 0 unspecified atom stereocenters. The molecule has 17 heavy (non-hydrogen) atoms. The van der Waals surface area contributed by atoms with Gasteiger partial charge in [-0.1, -0.05) is 27.6 Å². The van der Waals surface area contributed by atoms with E-state index in [0.717, 1.165) is 4.57 Å². The number of rotatable bonds is 3. The first-order valence-corrected chi connectivity index (χ1v) is 6.29. The number of aromatic nitrogens is 2. The highest BCUT2D eigenvalue weighted by atomic mass is 127. The summed E-state index contributed by atoms with van der Waals surface area (Å²) in [6.07, 6.45) is -2.40. The Hall–Kier alpha value is -0.810. The van der Waals surface area contributed by atoms with E-state index in [1.807, 2.05) is 22.6 Å². The predicted molar refractivity (Wildman–Crippen MR) is 62.6 cm³/mol. The Labute approximate surface area is 109 Å². The number of aliphatic hydroxyl groups is 1. The van der Waals surface area contributed by atoms with Crippen molar-refractivity contribution in [3.63, 3.8) is 0 Å². The molecule has 94 valence electrons. The molecule has 1 aromatic heterocycles. The van der Waals surface area contributed by atoms with Crippen LogP contribution in [0, 0.1) is 10.1 Å². The molecule has 1 aliphatic rings. The van der Waals surface area contributed by atoms with E-state index in [1.165, 1.54) is 12.4 Å². The molecule has 1 fully saturated rings. The van der Waals surface area contributed by atoms with Crippen molar-refractivity contribution in [1.29, 1.82) is 0 Å². The minimum Gasteiger partial charge on any atom is -0.390 e. The van der Waals surface area contributed by atoms with Gasteiger partial charge in [0.05, 0.1) is 6.10 Å². The largest absolute Gasteiger partial charge is 0.436 e. The first kappa shape index (κ1) is 12.6. The lowest BCUT2D eigenvalue weighted by Gasteiger charge is -2.11. The van der Waals surface area contributed by atoms with Gasteiger partial charge >= 0.3 is 5.95 Å². The van der Waals surface area contributed by atoms with Gasteiger partial charge in [-0.3, -0.25) is 0 Å². The number of hydrogen-bond donors (Lipinski definition) is 1. The van der Waals surface area contributed by atoms with Crippen LogP contribution in [0.2, 0.25) is 0 Å². The summed E-state index contributed by atoms with van der Waals surface area (Å²) in [6, 6.07) is 0. The van der Waals surface area contributed by atoms with E-state index < -0.39 is 35.5 Å². The standard InChI is InChI=1S/C8H9FIN3O4/c9-5-6(14)4(3-10)17-7(5)12-2-1-11-8(12)13(15)16/h1-2,4-7,14H,3H2/t4-,5-,6-,7-/m1/s1. The fourth-order valence-electron chi connectivity index (χ4n) is 1.70. The molecule has 1 saturated heterocycles. The van der Waals surface area contributed by atoms with Crippen LogP contribution in [0.25, 0.3) is 0 Å². The topological polar surface area (TPSA) is 90.4 Å². The summed E-state index contributed by atoms with van der Waals surface area (Å²) in [7, 11) is 0. The molecule has 0 spiro atoms. The van der Waals surface area contributed by atoms with Gasteiger partial charge in [-0.2, -0.15) is 4.57 Å². The summed E-state index contributed by atoms with van der Waals surface area (Å²) < 4.78 is 20.4. The molecule has 0 amide bonds. The van der Waals surface area contributed by atoms with E-state index in [0.29, 0.717) is 4.43 Å². The maximum atomic E-state index is 13.8. The lowest BCUT2D eigenvalue weighted by molar-refractivity contribution is -0.398.